The Morgan fingerprint density at radius 1 is 0.857 bits per heavy atom. The molecule has 2 aliphatic carbocycles. The van der Waals surface area contributed by atoms with E-state index in [0.29, 0.717) is 41.0 Å². The lowest BCUT2D eigenvalue weighted by Crippen LogP contribution is -2.44. The van der Waals surface area contributed by atoms with Crippen LogP contribution in [0.1, 0.15) is 68.0 Å². The van der Waals surface area contributed by atoms with Crippen molar-refractivity contribution in [2.24, 2.45) is 0 Å². The lowest BCUT2D eigenvalue weighted by molar-refractivity contribution is 0.207. The minimum absolute atomic E-state index is 0.241. The van der Waals surface area contributed by atoms with Crippen molar-refractivity contribution in [1.82, 2.24) is 24.6 Å². The van der Waals surface area contributed by atoms with Crippen LogP contribution in [0.5, 0.6) is 0 Å². The van der Waals surface area contributed by atoms with Crippen molar-refractivity contribution in [2.75, 3.05) is 42.1 Å². The fourth-order valence-corrected chi connectivity index (χ4v) is 7.85. The first kappa shape index (κ1) is 25.7. The summed E-state index contributed by atoms with van der Waals surface area (Å²) in [7, 11) is 0. The number of nitrogens with two attached hydrogens (primary N) is 1. The molecule has 8 nitrogen and oxygen atoms in total. The zero-order valence-corrected chi connectivity index (χ0v) is 23.8. The number of piperidine rings is 1. The molecule has 216 valence electrons. The standard InChI is InChI=1S/C33H37FN8/c34-27-19-24(10-11-28(27)41-16-12-25(13-17-41)40-14-4-5-15-40)36-33-38-32(35)42(39-33)29-20-26(21-6-2-1-3-7-21)30-22-8-9-23(18-22)31(30)37-29/h1-3,6-7,10-11,19-20,22-23,25H,4-5,8-9,12-18H2,(H3,35,36,38,39). The van der Waals surface area contributed by atoms with Crippen LogP contribution in [0.4, 0.5) is 27.7 Å². The summed E-state index contributed by atoms with van der Waals surface area (Å²) in [4.78, 5) is 14.3. The summed E-state index contributed by atoms with van der Waals surface area (Å²) in [5.41, 5.74) is 12.6. The van der Waals surface area contributed by atoms with Crippen molar-refractivity contribution in [2.45, 2.75) is 62.8 Å². The third kappa shape index (κ3) is 4.51. The molecule has 2 aromatic heterocycles. The van der Waals surface area contributed by atoms with Crippen LogP contribution in [0.15, 0.2) is 54.6 Å². The summed E-state index contributed by atoms with van der Waals surface area (Å²) in [6.07, 6.45) is 8.37. The lowest BCUT2D eigenvalue weighted by atomic mass is 9.89. The number of nitrogens with zero attached hydrogens (tertiary/aromatic N) is 6. The third-order valence-electron chi connectivity index (χ3n) is 9.90. The van der Waals surface area contributed by atoms with E-state index in [1.54, 1.807) is 4.68 Å². The Morgan fingerprint density at radius 2 is 1.64 bits per heavy atom. The Labute approximate surface area is 245 Å². The number of aromatic nitrogens is 4. The smallest absolute Gasteiger partial charge is 0.248 e. The predicted octanol–water partition coefficient (Wildman–Crippen LogP) is 6.22. The molecule has 8 rings (SSSR count). The summed E-state index contributed by atoms with van der Waals surface area (Å²) in [6, 6.07) is 18.5. The minimum atomic E-state index is -0.241. The highest BCUT2D eigenvalue weighted by Gasteiger charge is 2.40. The molecule has 2 aromatic carbocycles. The quantitative estimate of drug-likeness (QED) is 0.287. The van der Waals surface area contributed by atoms with E-state index in [4.69, 9.17) is 10.7 Å². The van der Waals surface area contributed by atoms with Crippen LogP contribution in [-0.2, 0) is 0 Å². The van der Waals surface area contributed by atoms with Crippen molar-refractivity contribution in [3.63, 3.8) is 0 Å². The molecule has 2 unspecified atom stereocenters. The Bertz CT molecular complexity index is 1600. The minimum Gasteiger partial charge on any atom is -0.369 e. The highest BCUT2D eigenvalue weighted by molar-refractivity contribution is 5.72. The van der Waals surface area contributed by atoms with Crippen molar-refractivity contribution in [3.05, 3.63) is 71.7 Å². The molecule has 9 heteroatoms. The summed E-state index contributed by atoms with van der Waals surface area (Å²) in [5.74, 6) is 2.04. The molecule has 2 atom stereocenters. The molecule has 2 bridgehead atoms. The highest BCUT2D eigenvalue weighted by atomic mass is 19.1. The largest absolute Gasteiger partial charge is 0.369 e. The Hall–Kier alpha value is -3.98. The van der Waals surface area contributed by atoms with Gasteiger partial charge in [-0.1, -0.05) is 30.3 Å². The van der Waals surface area contributed by atoms with Crippen LogP contribution in [0.3, 0.4) is 0 Å². The van der Waals surface area contributed by atoms with Gasteiger partial charge in [-0.05, 0) is 105 Å². The summed E-state index contributed by atoms with van der Waals surface area (Å²) in [6.45, 7) is 4.19. The number of rotatable bonds is 6. The molecular weight excluding hydrogens is 527 g/mol. The first-order valence-corrected chi connectivity index (χ1v) is 15.5. The van der Waals surface area contributed by atoms with E-state index < -0.39 is 0 Å². The van der Waals surface area contributed by atoms with Gasteiger partial charge >= 0.3 is 0 Å². The molecule has 0 spiro atoms. The number of likely N-dealkylation sites (tertiary alicyclic amines) is 1. The van der Waals surface area contributed by atoms with E-state index >= 15 is 4.39 Å². The third-order valence-corrected chi connectivity index (χ3v) is 9.90. The van der Waals surface area contributed by atoms with Crippen LogP contribution in [0.25, 0.3) is 16.9 Å². The van der Waals surface area contributed by atoms with Gasteiger partial charge in [0.2, 0.25) is 11.9 Å². The van der Waals surface area contributed by atoms with Crippen molar-refractivity contribution >= 4 is 23.3 Å². The maximum atomic E-state index is 15.3. The van der Waals surface area contributed by atoms with Crippen molar-refractivity contribution < 1.29 is 4.39 Å². The topological polar surface area (TPSA) is 88.1 Å². The number of nitrogen functional groups attached to an aromatic ring is 1. The predicted molar refractivity (Wildman–Crippen MR) is 164 cm³/mol. The molecule has 2 aliphatic heterocycles. The second-order valence-corrected chi connectivity index (χ2v) is 12.4. The van der Waals surface area contributed by atoms with Gasteiger partial charge in [-0.25, -0.2) is 9.37 Å². The van der Waals surface area contributed by atoms with Gasteiger partial charge in [0.1, 0.15) is 5.82 Å². The van der Waals surface area contributed by atoms with Gasteiger partial charge in [-0.15, -0.1) is 5.10 Å². The van der Waals surface area contributed by atoms with E-state index in [1.807, 2.05) is 18.2 Å². The summed E-state index contributed by atoms with van der Waals surface area (Å²) in [5, 5.41) is 7.81. The van der Waals surface area contributed by atoms with Gasteiger partial charge < -0.3 is 20.9 Å². The zero-order valence-electron chi connectivity index (χ0n) is 23.8. The number of fused-ring (bicyclic) bond motifs is 5. The number of benzene rings is 2. The van der Waals surface area contributed by atoms with Gasteiger partial charge in [0, 0.05) is 30.7 Å². The lowest BCUT2D eigenvalue weighted by Gasteiger charge is -2.37. The molecule has 0 radical (unpaired) electrons. The van der Waals surface area contributed by atoms with E-state index in [9.17, 15) is 0 Å². The average molecular weight is 565 g/mol. The summed E-state index contributed by atoms with van der Waals surface area (Å²) >= 11 is 0. The second kappa shape index (κ2) is 10.4. The van der Waals surface area contributed by atoms with Gasteiger partial charge in [0.05, 0.1) is 11.4 Å². The zero-order chi connectivity index (χ0) is 28.2. The number of hydrogen-bond donors (Lipinski definition) is 2. The van der Waals surface area contributed by atoms with Crippen LogP contribution in [0.2, 0.25) is 0 Å². The van der Waals surface area contributed by atoms with Crippen molar-refractivity contribution in [3.8, 4) is 16.9 Å². The first-order chi connectivity index (χ1) is 20.6. The first-order valence-electron chi connectivity index (χ1n) is 15.5. The molecule has 3 fully saturated rings. The maximum absolute atomic E-state index is 15.3. The summed E-state index contributed by atoms with van der Waals surface area (Å²) < 4.78 is 16.9. The monoisotopic (exact) mass is 564 g/mol. The number of hydrogen-bond acceptors (Lipinski definition) is 7. The van der Waals surface area contributed by atoms with Gasteiger partial charge in [0.15, 0.2) is 5.82 Å². The fraction of sp³-hybridized carbons (Fsp3) is 0.424. The second-order valence-electron chi connectivity index (χ2n) is 12.4. The molecule has 42 heavy (non-hydrogen) atoms. The van der Waals surface area contributed by atoms with Gasteiger partial charge in [0.25, 0.3) is 0 Å². The fourth-order valence-electron chi connectivity index (χ4n) is 7.85. The van der Waals surface area contributed by atoms with Crippen LogP contribution in [0, 0.1) is 5.82 Å². The highest BCUT2D eigenvalue weighted by Crippen LogP contribution is 2.55. The Kier molecular flexibility index (Phi) is 6.35. The van der Waals surface area contributed by atoms with E-state index in [2.05, 4.69) is 55.5 Å². The molecule has 4 heterocycles. The molecule has 0 amide bonds. The molecule has 3 N–H and O–H groups in total. The Balaban J connectivity index is 1.02. The molecule has 2 saturated heterocycles. The Morgan fingerprint density at radius 3 is 2.43 bits per heavy atom. The van der Waals surface area contributed by atoms with Crippen LogP contribution < -0.4 is 16.0 Å². The van der Waals surface area contributed by atoms with Gasteiger partial charge in [-0.3, -0.25) is 0 Å². The number of halogens is 1. The van der Waals surface area contributed by atoms with Gasteiger partial charge in [-0.2, -0.15) is 9.67 Å². The normalized spacial score (nSPS) is 22.2. The number of anilines is 4. The number of pyridine rings is 1. The molecular formula is C33H37FN8. The number of nitrogens with one attached hydrogen (secondary N) is 1. The maximum Gasteiger partial charge on any atom is 0.248 e. The van der Waals surface area contributed by atoms with Crippen LogP contribution >= 0.6 is 0 Å². The molecule has 1 saturated carbocycles. The average Bonchev–Trinajstić information content (AvgIpc) is 3.83. The molecule has 4 aromatic rings. The van der Waals surface area contributed by atoms with E-state index in [-0.39, 0.29) is 11.8 Å². The van der Waals surface area contributed by atoms with E-state index in [1.165, 1.54) is 73.6 Å². The molecule has 4 aliphatic rings. The van der Waals surface area contributed by atoms with E-state index in [0.717, 1.165) is 25.9 Å². The van der Waals surface area contributed by atoms with Crippen LogP contribution in [-0.4, -0.2) is 56.9 Å². The van der Waals surface area contributed by atoms with Crippen molar-refractivity contribution in [1.29, 1.82) is 0 Å². The SMILES string of the molecule is Nc1nc(Nc2ccc(N3CCC(N4CCCC4)CC3)c(F)c2)nn1-c1cc(-c2ccccc2)c2c(n1)C1CCC2C1.